The van der Waals surface area contributed by atoms with Gasteiger partial charge in [-0.1, -0.05) is 11.6 Å². The van der Waals surface area contributed by atoms with Crippen LogP contribution in [0.15, 0.2) is 12.1 Å². The van der Waals surface area contributed by atoms with Crippen molar-refractivity contribution in [3.8, 4) is 0 Å². The zero-order chi connectivity index (χ0) is 12.4. The van der Waals surface area contributed by atoms with Crippen molar-refractivity contribution in [3.05, 3.63) is 22.8 Å². The number of hydrogen-bond acceptors (Lipinski definition) is 4. The fraction of sp³-hybridized carbons (Fsp3) is 0.300. The number of anilines is 1. The summed E-state index contributed by atoms with van der Waals surface area (Å²) in [6.45, 7) is 1.25. The molecule has 1 fully saturated rings. The van der Waals surface area contributed by atoms with Crippen LogP contribution in [0, 0.1) is 0 Å². The van der Waals surface area contributed by atoms with Crippen molar-refractivity contribution in [3.63, 3.8) is 0 Å². The second-order valence-electron chi connectivity index (χ2n) is 3.61. The Balaban J connectivity index is 2.31. The number of piperazine rings is 1. The number of nitrogens with one attached hydrogen (secondary N) is 1. The SMILES string of the molecule is O=C1CN(c2cc(C(=O)O)cc(Cl)n2)CCN1. The Morgan fingerprint density at radius 3 is 2.94 bits per heavy atom. The molecule has 90 valence electrons. The maximum absolute atomic E-state index is 11.2. The molecule has 1 aromatic rings. The van der Waals surface area contributed by atoms with E-state index < -0.39 is 5.97 Å². The third kappa shape index (κ3) is 2.65. The fourth-order valence-corrected chi connectivity index (χ4v) is 1.81. The van der Waals surface area contributed by atoms with Crippen LogP contribution >= 0.6 is 11.6 Å². The number of aromatic carboxylic acids is 1. The minimum Gasteiger partial charge on any atom is -0.478 e. The topological polar surface area (TPSA) is 82.5 Å². The van der Waals surface area contributed by atoms with E-state index in [1.807, 2.05) is 0 Å². The summed E-state index contributed by atoms with van der Waals surface area (Å²) in [7, 11) is 0. The van der Waals surface area contributed by atoms with Crippen molar-refractivity contribution >= 4 is 29.3 Å². The summed E-state index contributed by atoms with van der Waals surface area (Å²) in [5, 5.41) is 11.7. The smallest absolute Gasteiger partial charge is 0.335 e. The lowest BCUT2D eigenvalue weighted by molar-refractivity contribution is -0.120. The molecule has 0 aliphatic carbocycles. The van der Waals surface area contributed by atoms with Crippen molar-refractivity contribution in [2.75, 3.05) is 24.5 Å². The van der Waals surface area contributed by atoms with Crippen LogP contribution in [0.4, 0.5) is 5.82 Å². The van der Waals surface area contributed by atoms with Gasteiger partial charge in [-0.3, -0.25) is 4.79 Å². The van der Waals surface area contributed by atoms with Gasteiger partial charge in [0.2, 0.25) is 5.91 Å². The molecule has 2 heterocycles. The van der Waals surface area contributed by atoms with Gasteiger partial charge in [0.1, 0.15) is 11.0 Å². The Hall–Kier alpha value is -1.82. The molecule has 1 aromatic heterocycles. The predicted molar refractivity (Wildman–Crippen MR) is 61.4 cm³/mol. The lowest BCUT2D eigenvalue weighted by Gasteiger charge is -2.27. The highest BCUT2D eigenvalue weighted by atomic mass is 35.5. The summed E-state index contributed by atoms with van der Waals surface area (Å²) in [6, 6.07) is 2.68. The summed E-state index contributed by atoms with van der Waals surface area (Å²) >= 11 is 5.75. The lowest BCUT2D eigenvalue weighted by atomic mass is 10.2. The minimum absolute atomic E-state index is 0.0611. The number of halogens is 1. The molecule has 7 heteroatoms. The minimum atomic E-state index is -1.07. The Kier molecular flexibility index (Phi) is 3.14. The molecule has 6 nitrogen and oxygen atoms in total. The number of nitrogens with zero attached hydrogens (tertiary/aromatic N) is 2. The Bertz CT molecular complexity index is 478. The number of carboxylic acid groups (broad SMARTS) is 1. The highest BCUT2D eigenvalue weighted by molar-refractivity contribution is 6.29. The number of carboxylic acids is 1. The van der Waals surface area contributed by atoms with E-state index in [1.54, 1.807) is 4.90 Å². The Morgan fingerprint density at radius 1 is 1.53 bits per heavy atom. The number of carbonyl (C=O) groups is 2. The average Bonchev–Trinajstić information content (AvgIpc) is 2.28. The molecule has 0 spiro atoms. The van der Waals surface area contributed by atoms with Gasteiger partial charge in [0.15, 0.2) is 0 Å². The first-order chi connectivity index (χ1) is 8.06. The third-order valence-corrected chi connectivity index (χ3v) is 2.58. The van der Waals surface area contributed by atoms with E-state index in [0.29, 0.717) is 18.9 Å². The molecule has 0 aromatic carbocycles. The molecule has 0 atom stereocenters. The quantitative estimate of drug-likeness (QED) is 0.746. The molecule has 1 saturated heterocycles. The number of rotatable bonds is 2. The molecule has 1 aliphatic rings. The fourth-order valence-electron chi connectivity index (χ4n) is 1.60. The van der Waals surface area contributed by atoms with E-state index in [0.717, 1.165) is 0 Å². The largest absolute Gasteiger partial charge is 0.478 e. The Morgan fingerprint density at radius 2 is 2.29 bits per heavy atom. The summed E-state index contributed by atoms with van der Waals surface area (Å²) in [5.41, 5.74) is 0.0611. The molecule has 0 bridgehead atoms. The highest BCUT2D eigenvalue weighted by Gasteiger charge is 2.19. The van der Waals surface area contributed by atoms with Gasteiger partial charge in [0.25, 0.3) is 0 Å². The maximum atomic E-state index is 11.2. The number of aromatic nitrogens is 1. The average molecular weight is 256 g/mol. The zero-order valence-corrected chi connectivity index (χ0v) is 9.57. The number of amides is 1. The second-order valence-corrected chi connectivity index (χ2v) is 4.00. The predicted octanol–water partition coefficient (Wildman–Crippen LogP) is 0.369. The van der Waals surface area contributed by atoms with Crippen molar-refractivity contribution in [1.82, 2.24) is 10.3 Å². The zero-order valence-electron chi connectivity index (χ0n) is 8.81. The molecule has 1 aliphatic heterocycles. The van der Waals surface area contributed by atoms with Crippen LogP contribution in [-0.2, 0) is 4.79 Å². The summed E-state index contributed by atoms with van der Waals surface area (Å²) in [5.74, 6) is -0.781. The molecule has 0 radical (unpaired) electrons. The number of hydrogen-bond donors (Lipinski definition) is 2. The highest BCUT2D eigenvalue weighted by Crippen LogP contribution is 2.18. The van der Waals surface area contributed by atoms with Gasteiger partial charge in [0, 0.05) is 13.1 Å². The van der Waals surface area contributed by atoms with E-state index in [2.05, 4.69) is 10.3 Å². The summed E-state index contributed by atoms with van der Waals surface area (Å²) < 4.78 is 0. The van der Waals surface area contributed by atoms with Gasteiger partial charge in [-0.25, -0.2) is 9.78 Å². The van der Waals surface area contributed by atoms with Crippen molar-refractivity contribution in [1.29, 1.82) is 0 Å². The van der Waals surface area contributed by atoms with E-state index >= 15 is 0 Å². The van der Waals surface area contributed by atoms with Gasteiger partial charge < -0.3 is 15.3 Å². The first-order valence-corrected chi connectivity index (χ1v) is 5.36. The molecule has 0 saturated carbocycles. The second kappa shape index (κ2) is 4.58. The first kappa shape index (κ1) is 11.7. The van der Waals surface area contributed by atoms with E-state index in [-0.39, 0.29) is 23.2 Å². The molecular formula is C10H10ClN3O3. The van der Waals surface area contributed by atoms with Crippen molar-refractivity contribution in [2.24, 2.45) is 0 Å². The molecule has 1 amide bonds. The van der Waals surface area contributed by atoms with Gasteiger partial charge in [0.05, 0.1) is 12.1 Å². The molecular weight excluding hydrogens is 246 g/mol. The van der Waals surface area contributed by atoms with Crippen molar-refractivity contribution < 1.29 is 14.7 Å². The Labute approximate surface area is 102 Å². The van der Waals surface area contributed by atoms with Crippen LogP contribution in [0.1, 0.15) is 10.4 Å². The standard InChI is InChI=1S/C10H10ClN3O3/c11-7-3-6(10(16)17)4-8(13-7)14-2-1-12-9(15)5-14/h3-4H,1-2,5H2,(H,12,15)(H,16,17). The lowest BCUT2D eigenvalue weighted by Crippen LogP contribution is -2.48. The van der Waals surface area contributed by atoms with Crippen LogP contribution < -0.4 is 10.2 Å². The maximum Gasteiger partial charge on any atom is 0.335 e. The van der Waals surface area contributed by atoms with E-state index in [9.17, 15) is 9.59 Å². The van der Waals surface area contributed by atoms with Crippen LogP contribution in [-0.4, -0.2) is 41.6 Å². The van der Waals surface area contributed by atoms with E-state index in [1.165, 1.54) is 12.1 Å². The van der Waals surface area contributed by atoms with Gasteiger partial charge in [-0.2, -0.15) is 0 Å². The number of carbonyl (C=O) groups excluding carboxylic acids is 1. The summed E-state index contributed by atoms with van der Waals surface area (Å²) in [6.07, 6.45) is 0. The van der Waals surface area contributed by atoms with Gasteiger partial charge >= 0.3 is 5.97 Å². The molecule has 2 N–H and O–H groups in total. The number of pyridine rings is 1. The van der Waals surface area contributed by atoms with Crippen LogP contribution in [0.2, 0.25) is 5.15 Å². The first-order valence-electron chi connectivity index (χ1n) is 4.99. The molecule has 2 rings (SSSR count). The monoisotopic (exact) mass is 255 g/mol. The third-order valence-electron chi connectivity index (χ3n) is 2.39. The summed E-state index contributed by atoms with van der Waals surface area (Å²) in [4.78, 5) is 27.8. The van der Waals surface area contributed by atoms with Crippen LogP contribution in [0.3, 0.4) is 0 Å². The van der Waals surface area contributed by atoms with Gasteiger partial charge in [-0.05, 0) is 12.1 Å². The van der Waals surface area contributed by atoms with Crippen molar-refractivity contribution in [2.45, 2.75) is 0 Å². The molecule has 17 heavy (non-hydrogen) atoms. The van der Waals surface area contributed by atoms with Crippen LogP contribution in [0.5, 0.6) is 0 Å². The van der Waals surface area contributed by atoms with Crippen LogP contribution in [0.25, 0.3) is 0 Å². The molecule has 0 unspecified atom stereocenters. The normalized spacial score (nSPS) is 15.6. The van der Waals surface area contributed by atoms with Gasteiger partial charge in [-0.15, -0.1) is 0 Å². The van der Waals surface area contributed by atoms with E-state index in [4.69, 9.17) is 16.7 Å².